The standard InChI is InChI=1S/C26H25F2N7O4/c1-15(24(36)33-21-11-30-22(12-29-21)39-19-5-4-17(27)9-18(19)28)34-6-7-35(26(2,3)13-34)25(37)16-8-20-23(31-10-16)32-14-38-20/h4-5,8-12,14-15H,6-7,13H2,1-3H3,(H,29,33,36). The first-order valence-corrected chi connectivity index (χ1v) is 12.1. The summed E-state index contributed by atoms with van der Waals surface area (Å²) < 4.78 is 37.4. The summed E-state index contributed by atoms with van der Waals surface area (Å²) in [4.78, 5) is 46.3. The molecule has 0 saturated carbocycles. The van der Waals surface area contributed by atoms with Crippen molar-refractivity contribution in [3.05, 3.63) is 66.4 Å². The maximum absolute atomic E-state index is 13.8. The number of anilines is 1. The molecule has 5 rings (SSSR count). The van der Waals surface area contributed by atoms with E-state index >= 15 is 0 Å². The molecule has 39 heavy (non-hydrogen) atoms. The van der Waals surface area contributed by atoms with Crippen LogP contribution in [0.1, 0.15) is 31.1 Å². The number of fused-ring (bicyclic) bond motifs is 1. The molecular formula is C26H25F2N7O4. The lowest BCUT2D eigenvalue weighted by Gasteiger charge is -2.48. The van der Waals surface area contributed by atoms with E-state index in [9.17, 15) is 18.4 Å². The van der Waals surface area contributed by atoms with Crippen LogP contribution in [-0.2, 0) is 4.79 Å². The molecule has 202 valence electrons. The van der Waals surface area contributed by atoms with Crippen molar-refractivity contribution in [1.29, 1.82) is 0 Å². The maximum Gasteiger partial charge on any atom is 0.256 e. The third-order valence-electron chi connectivity index (χ3n) is 6.53. The van der Waals surface area contributed by atoms with Gasteiger partial charge in [-0.3, -0.25) is 14.5 Å². The number of nitrogens with one attached hydrogen (secondary N) is 1. The number of benzene rings is 1. The average molecular weight is 538 g/mol. The topological polar surface area (TPSA) is 127 Å². The van der Waals surface area contributed by atoms with E-state index in [4.69, 9.17) is 9.15 Å². The van der Waals surface area contributed by atoms with Crippen LogP contribution in [0.5, 0.6) is 11.6 Å². The van der Waals surface area contributed by atoms with Gasteiger partial charge in [0.25, 0.3) is 5.91 Å². The van der Waals surface area contributed by atoms with Crippen molar-refractivity contribution in [3.8, 4) is 11.6 Å². The summed E-state index contributed by atoms with van der Waals surface area (Å²) in [6.07, 6.45) is 5.27. The molecule has 4 heterocycles. The van der Waals surface area contributed by atoms with Gasteiger partial charge in [-0.25, -0.2) is 23.7 Å². The highest BCUT2D eigenvalue weighted by Crippen LogP contribution is 2.26. The second-order valence-corrected chi connectivity index (χ2v) is 9.72. The summed E-state index contributed by atoms with van der Waals surface area (Å²) in [5, 5.41) is 2.71. The van der Waals surface area contributed by atoms with Gasteiger partial charge in [0.05, 0.1) is 29.5 Å². The Morgan fingerprint density at radius 1 is 1.08 bits per heavy atom. The minimum atomic E-state index is -0.875. The second-order valence-electron chi connectivity index (χ2n) is 9.72. The zero-order valence-electron chi connectivity index (χ0n) is 21.4. The average Bonchev–Trinajstić information content (AvgIpc) is 3.38. The molecule has 1 aliphatic heterocycles. The van der Waals surface area contributed by atoms with E-state index < -0.39 is 23.2 Å². The predicted octanol–water partition coefficient (Wildman–Crippen LogP) is 3.65. The Hall–Kier alpha value is -4.52. The third kappa shape index (κ3) is 5.53. The number of piperazine rings is 1. The van der Waals surface area contributed by atoms with E-state index in [1.807, 2.05) is 18.7 Å². The minimum Gasteiger partial charge on any atom is -0.442 e. The summed E-state index contributed by atoms with van der Waals surface area (Å²) >= 11 is 0. The van der Waals surface area contributed by atoms with Gasteiger partial charge in [-0.2, -0.15) is 4.98 Å². The maximum atomic E-state index is 13.8. The molecule has 0 spiro atoms. The molecule has 1 aliphatic rings. The first-order valence-electron chi connectivity index (χ1n) is 12.1. The first-order chi connectivity index (χ1) is 18.6. The molecular weight excluding hydrogens is 512 g/mol. The molecule has 11 nitrogen and oxygen atoms in total. The highest BCUT2D eigenvalue weighted by molar-refractivity contribution is 5.97. The van der Waals surface area contributed by atoms with Gasteiger partial charge in [0.2, 0.25) is 11.8 Å². The Morgan fingerprint density at radius 3 is 2.62 bits per heavy atom. The number of amides is 2. The summed E-state index contributed by atoms with van der Waals surface area (Å²) in [6, 6.07) is 4.01. The number of oxazole rings is 1. The van der Waals surface area contributed by atoms with Gasteiger partial charge in [-0.15, -0.1) is 0 Å². The van der Waals surface area contributed by atoms with Crippen LogP contribution in [0.3, 0.4) is 0 Å². The third-order valence-corrected chi connectivity index (χ3v) is 6.53. The highest BCUT2D eigenvalue weighted by atomic mass is 19.1. The van der Waals surface area contributed by atoms with Gasteiger partial charge in [0, 0.05) is 31.9 Å². The van der Waals surface area contributed by atoms with Gasteiger partial charge in [0.1, 0.15) is 5.82 Å². The number of carbonyl (C=O) groups is 2. The number of ether oxygens (including phenoxy) is 1. The molecule has 4 aromatic rings. The van der Waals surface area contributed by atoms with Crippen LogP contribution >= 0.6 is 0 Å². The minimum absolute atomic E-state index is 0.0215. The first kappa shape index (κ1) is 26.1. The fraction of sp³-hybridized carbons (Fsp3) is 0.308. The van der Waals surface area contributed by atoms with Crippen LogP contribution in [0.15, 0.2) is 53.7 Å². The van der Waals surface area contributed by atoms with E-state index in [2.05, 4.69) is 25.3 Å². The Labute approximate surface area is 221 Å². The van der Waals surface area contributed by atoms with Crippen molar-refractivity contribution >= 4 is 28.9 Å². The van der Waals surface area contributed by atoms with Crippen LogP contribution in [0, 0.1) is 11.6 Å². The van der Waals surface area contributed by atoms with Gasteiger partial charge >= 0.3 is 0 Å². The smallest absolute Gasteiger partial charge is 0.256 e. The van der Waals surface area contributed by atoms with Crippen LogP contribution < -0.4 is 10.1 Å². The van der Waals surface area contributed by atoms with Gasteiger partial charge in [0.15, 0.2) is 35.0 Å². The van der Waals surface area contributed by atoms with Crippen molar-refractivity contribution < 1.29 is 27.5 Å². The normalized spacial score (nSPS) is 16.2. The van der Waals surface area contributed by atoms with Crippen molar-refractivity contribution in [2.75, 3.05) is 25.0 Å². The van der Waals surface area contributed by atoms with Gasteiger partial charge in [-0.05, 0) is 39.0 Å². The second kappa shape index (κ2) is 10.3. The fourth-order valence-electron chi connectivity index (χ4n) is 4.43. The molecule has 1 unspecified atom stereocenters. The molecule has 0 bridgehead atoms. The lowest BCUT2D eigenvalue weighted by molar-refractivity contribution is -0.122. The number of hydrogen-bond donors (Lipinski definition) is 1. The van der Waals surface area contributed by atoms with E-state index in [1.54, 1.807) is 17.9 Å². The monoisotopic (exact) mass is 537 g/mol. The molecule has 0 aliphatic carbocycles. The van der Waals surface area contributed by atoms with Gasteiger partial charge in [-0.1, -0.05) is 0 Å². The quantitative estimate of drug-likeness (QED) is 0.392. The van der Waals surface area contributed by atoms with Crippen molar-refractivity contribution in [3.63, 3.8) is 0 Å². The molecule has 2 amide bonds. The van der Waals surface area contributed by atoms with Crippen molar-refractivity contribution in [2.24, 2.45) is 0 Å². The number of nitrogens with zero attached hydrogens (tertiary/aromatic N) is 6. The number of rotatable bonds is 6. The molecule has 0 radical (unpaired) electrons. The predicted molar refractivity (Wildman–Crippen MR) is 135 cm³/mol. The molecule has 3 aromatic heterocycles. The van der Waals surface area contributed by atoms with Gasteiger partial charge < -0.3 is 19.4 Å². The molecule has 1 fully saturated rings. The lowest BCUT2D eigenvalue weighted by atomic mass is 9.96. The number of carbonyl (C=O) groups excluding carboxylic acids is 2. The van der Waals surface area contributed by atoms with E-state index in [1.165, 1.54) is 25.0 Å². The fourth-order valence-corrected chi connectivity index (χ4v) is 4.43. The largest absolute Gasteiger partial charge is 0.442 e. The molecule has 1 atom stereocenters. The number of pyridine rings is 1. The highest BCUT2D eigenvalue weighted by Gasteiger charge is 2.40. The Kier molecular flexibility index (Phi) is 6.91. The van der Waals surface area contributed by atoms with Crippen molar-refractivity contribution in [2.45, 2.75) is 32.4 Å². The zero-order chi connectivity index (χ0) is 27.7. The lowest BCUT2D eigenvalue weighted by Crippen LogP contribution is -2.63. The molecule has 1 aromatic carbocycles. The SMILES string of the molecule is CC(C(=O)Nc1cnc(Oc2ccc(F)cc2F)cn1)N1CCN(C(=O)c2cnc3ncoc3c2)C(C)(C)C1. The Balaban J connectivity index is 1.19. The van der Waals surface area contributed by atoms with Crippen LogP contribution in [0.2, 0.25) is 0 Å². The van der Waals surface area contributed by atoms with Crippen LogP contribution in [0.4, 0.5) is 14.6 Å². The Bertz CT molecular complexity index is 1530. The van der Waals surface area contributed by atoms with E-state index in [0.717, 1.165) is 12.1 Å². The molecule has 1 saturated heterocycles. The molecule has 1 N–H and O–H groups in total. The summed E-state index contributed by atoms with van der Waals surface area (Å²) in [5.74, 6) is -2.13. The van der Waals surface area contributed by atoms with Crippen LogP contribution in [0.25, 0.3) is 11.2 Å². The number of hydrogen-bond acceptors (Lipinski definition) is 9. The summed E-state index contributed by atoms with van der Waals surface area (Å²) in [6.45, 7) is 6.99. The van der Waals surface area contributed by atoms with Crippen molar-refractivity contribution in [1.82, 2.24) is 29.7 Å². The number of aromatic nitrogens is 4. The Morgan fingerprint density at radius 2 is 1.90 bits per heavy atom. The van der Waals surface area contributed by atoms with Crippen LogP contribution in [-0.4, -0.2) is 72.8 Å². The van der Waals surface area contributed by atoms with E-state index in [-0.39, 0.29) is 29.3 Å². The zero-order valence-corrected chi connectivity index (χ0v) is 21.4. The number of halogens is 2. The van der Waals surface area contributed by atoms with E-state index in [0.29, 0.717) is 42.5 Å². The summed E-state index contributed by atoms with van der Waals surface area (Å²) in [7, 11) is 0. The summed E-state index contributed by atoms with van der Waals surface area (Å²) in [5.41, 5.74) is 0.700. The molecule has 13 heteroatoms.